The van der Waals surface area contributed by atoms with E-state index in [1.54, 1.807) is 0 Å². The van der Waals surface area contributed by atoms with Crippen molar-refractivity contribution >= 4 is 37.6 Å². The van der Waals surface area contributed by atoms with E-state index in [0.717, 1.165) is 10.0 Å². The highest BCUT2D eigenvalue weighted by atomic mass is 79.9. The van der Waals surface area contributed by atoms with Crippen LogP contribution in [0.4, 0.5) is 0 Å². The summed E-state index contributed by atoms with van der Waals surface area (Å²) in [4.78, 5) is -0.0456. The molecule has 0 bridgehead atoms. The maximum Gasteiger partial charge on any atom is 0.238 e. The standard InChI is InChI=1S/C13H11BrClNO3S/c14-11-4-2-1-3-9(11)8-19-13-6-5-10(7-12(13)15)20(16,17)18/h1-7H,8H2,(H2,16,17,18). The number of nitrogens with two attached hydrogens (primary N) is 1. The Morgan fingerprint density at radius 2 is 1.90 bits per heavy atom. The molecule has 0 radical (unpaired) electrons. The second kappa shape index (κ2) is 6.13. The predicted octanol–water partition coefficient (Wildman–Crippen LogP) is 3.33. The highest BCUT2D eigenvalue weighted by Crippen LogP contribution is 2.28. The quantitative estimate of drug-likeness (QED) is 0.890. The van der Waals surface area contributed by atoms with E-state index in [9.17, 15) is 8.42 Å². The first-order chi connectivity index (χ1) is 9.38. The molecule has 0 aliphatic carbocycles. The van der Waals surface area contributed by atoms with E-state index < -0.39 is 10.0 Å². The number of primary sulfonamides is 1. The smallest absolute Gasteiger partial charge is 0.238 e. The van der Waals surface area contributed by atoms with Gasteiger partial charge >= 0.3 is 0 Å². The molecule has 0 heterocycles. The minimum absolute atomic E-state index is 0.0456. The summed E-state index contributed by atoms with van der Waals surface area (Å²) in [5.41, 5.74) is 0.957. The molecule has 0 atom stereocenters. The number of ether oxygens (including phenoxy) is 1. The average molecular weight is 377 g/mol. The van der Waals surface area contributed by atoms with E-state index in [4.69, 9.17) is 21.5 Å². The third-order valence-electron chi connectivity index (χ3n) is 2.57. The molecule has 0 aromatic heterocycles. The lowest BCUT2D eigenvalue weighted by atomic mass is 10.2. The summed E-state index contributed by atoms with van der Waals surface area (Å²) in [5.74, 6) is 0.398. The second-order valence-corrected chi connectivity index (χ2v) is 6.84. The number of rotatable bonds is 4. The molecule has 2 rings (SSSR count). The van der Waals surface area contributed by atoms with Gasteiger partial charge in [-0.05, 0) is 24.3 Å². The molecule has 2 aromatic carbocycles. The van der Waals surface area contributed by atoms with Gasteiger partial charge in [0.05, 0.1) is 9.92 Å². The normalized spacial score (nSPS) is 11.3. The van der Waals surface area contributed by atoms with Crippen LogP contribution in [0, 0.1) is 0 Å². The lowest BCUT2D eigenvalue weighted by molar-refractivity contribution is 0.305. The first-order valence-corrected chi connectivity index (χ1v) is 8.28. The molecule has 0 amide bonds. The van der Waals surface area contributed by atoms with Crippen molar-refractivity contribution in [3.63, 3.8) is 0 Å². The van der Waals surface area contributed by atoms with Crippen LogP contribution in [0.15, 0.2) is 51.8 Å². The molecule has 0 spiro atoms. The maximum absolute atomic E-state index is 11.2. The minimum atomic E-state index is -3.76. The Hall–Kier alpha value is -1.08. The topological polar surface area (TPSA) is 69.4 Å². The predicted molar refractivity (Wildman–Crippen MR) is 81.3 cm³/mol. The monoisotopic (exact) mass is 375 g/mol. The number of hydrogen-bond acceptors (Lipinski definition) is 3. The van der Waals surface area contributed by atoms with Crippen LogP contribution < -0.4 is 9.88 Å². The van der Waals surface area contributed by atoms with Crippen LogP contribution in [0.25, 0.3) is 0 Å². The summed E-state index contributed by atoms with van der Waals surface area (Å²) in [6.07, 6.45) is 0. The summed E-state index contributed by atoms with van der Waals surface area (Å²) in [5, 5.41) is 5.22. The highest BCUT2D eigenvalue weighted by molar-refractivity contribution is 9.10. The van der Waals surface area contributed by atoms with Gasteiger partial charge in [-0.25, -0.2) is 13.6 Å². The van der Waals surface area contributed by atoms with Crippen LogP contribution in [-0.4, -0.2) is 8.42 Å². The van der Waals surface area contributed by atoms with Crippen molar-refractivity contribution in [1.29, 1.82) is 0 Å². The van der Waals surface area contributed by atoms with Crippen LogP contribution in [-0.2, 0) is 16.6 Å². The SMILES string of the molecule is NS(=O)(=O)c1ccc(OCc2ccccc2Br)c(Cl)c1. The van der Waals surface area contributed by atoms with Gasteiger partial charge in [0.15, 0.2) is 0 Å². The van der Waals surface area contributed by atoms with E-state index in [2.05, 4.69) is 15.9 Å². The third kappa shape index (κ3) is 3.73. The third-order valence-corrected chi connectivity index (χ3v) is 4.55. The van der Waals surface area contributed by atoms with Crippen molar-refractivity contribution in [2.75, 3.05) is 0 Å². The van der Waals surface area contributed by atoms with E-state index >= 15 is 0 Å². The van der Waals surface area contributed by atoms with Gasteiger partial charge in [0.25, 0.3) is 0 Å². The van der Waals surface area contributed by atoms with Crippen molar-refractivity contribution in [3.8, 4) is 5.75 Å². The van der Waals surface area contributed by atoms with Gasteiger partial charge < -0.3 is 4.74 Å². The Labute approximate surface area is 130 Å². The van der Waals surface area contributed by atoms with Gasteiger partial charge in [-0.2, -0.15) is 0 Å². The Bertz CT molecular complexity index is 734. The molecule has 2 N–H and O–H groups in total. The van der Waals surface area contributed by atoms with Gasteiger partial charge in [-0.3, -0.25) is 0 Å². The number of benzene rings is 2. The van der Waals surface area contributed by atoms with Crippen LogP contribution in [0.2, 0.25) is 5.02 Å². The van der Waals surface area contributed by atoms with Crippen LogP contribution in [0.3, 0.4) is 0 Å². The molecule has 0 aliphatic rings. The van der Waals surface area contributed by atoms with Crippen molar-refractivity contribution in [3.05, 3.63) is 57.5 Å². The molecule has 20 heavy (non-hydrogen) atoms. The molecule has 0 saturated heterocycles. The summed E-state index contributed by atoms with van der Waals surface area (Å²) in [6, 6.07) is 11.7. The molecular formula is C13H11BrClNO3S. The zero-order valence-corrected chi connectivity index (χ0v) is 13.4. The molecule has 2 aromatic rings. The van der Waals surface area contributed by atoms with Gasteiger partial charge in [0.1, 0.15) is 12.4 Å². The Kier molecular flexibility index (Phi) is 4.70. The summed E-state index contributed by atoms with van der Waals surface area (Å²) < 4.78 is 28.9. The van der Waals surface area contributed by atoms with Crippen LogP contribution in [0.1, 0.15) is 5.56 Å². The van der Waals surface area contributed by atoms with Gasteiger partial charge in [-0.15, -0.1) is 0 Å². The van der Waals surface area contributed by atoms with Gasteiger partial charge in [0.2, 0.25) is 10.0 Å². The fourth-order valence-corrected chi connectivity index (χ4v) is 2.79. The number of sulfonamides is 1. The fourth-order valence-electron chi connectivity index (χ4n) is 1.55. The molecule has 0 unspecified atom stereocenters. The highest BCUT2D eigenvalue weighted by Gasteiger charge is 2.11. The fraction of sp³-hybridized carbons (Fsp3) is 0.0769. The van der Waals surface area contributed by atoms with Crippen molar-refractivity contribution in [2.45, 2.75) is 11.5 Å². The van der Waals surface area contributed by atoms with Gasteiger partial charge in [-0.1, -0.05) is 45.7 Å². The average Bonchev–Trinajstić information content (AvgIpc) is 2.38. The second-order valence-electron chi connectivity index (χ2n) is 4.02. The van der Waals surface area contributed by atoms with Crippen LogP contribution >= 0.6 is 27.5 Å². The number of hydrogen-bond donors (Lipinski definition) is 1. The molecule has 0 saturated carbocycles. The van der Waals surface area contributed by atoms with Crippen molar-refractivity contribution in [1.82, 2.24) is 0 Å². The van der Waals surface area contributed by atoms with Crippen molar-refractivity contribution in [2.24, 2.45) is 5.14 Å². The first kappa shape index (κ1) is 15.3. The van der Waals surface area contributed by atoms with E-state index in [1.165, 1.54) is 18.2 Å². The Morgan fingerprint density at radius 3 is 2.50 bits per heavy atom. The lowest BCUT2D eigenvalue weighted by Crippen LogP contribution is -2.12. The lowest BCUT2D eigenvalue weighted by Gasteiger charge is -2.10. The summed E-state index contributed by atoms with van der Waals surface area (Å²) in [6.45, 7) is 0.315. The first-order valence-electron chi connectivity index (χ1n) is 5.56. The molecule has 0 aliphatic heterocycles. The number of halogens is 2. The molecule has 4 nitrogen and oxygen atoms in total. The molecular weight excluding hydrogens is 366 g/mol. The zero-order chi connectivity index (χ0) is 14.8. The zero-order valence-electron chi connectivity index (χ0n) is 10.2. The molecule has 106 valence electrons. The minimum Gasteiger partial charge on any atom is -0.487 e. The largest absolute Gasteiger partial charge is 0.487 e. The Morgan fingerprint density at radius 1 is 1.20 bits per heavy atom. The van der Waals surface area contributed by atoms with E-state index in [0.29, 0.717) is 12.4 Å². The molecule has 7 heteroatoms. The van der Waals surface area contributed by atoms with Gasteiger partial charge in [0, 0.05) is 10.0 Å². The summed E-state index contributed by atoms with van der Waals surface area (Å²) in [7, 11) is -3.76. The Balaban J connectivity index is 2.17. The molecule has 0 fully saturated rings. The van der Waals surface area contributed by atoms with E-state index in [1.807, 2.05) is 24.3 Å². The van der Waals surface area contributed by atoms with Crippen molar-refractivity contribution < 1.29 is 13.2 Å². The summed E-state index contributed by atoms with van der Waals surface area (Å²) >= 11 is 9.40. The van der Waals surface area contributed by atoms with Crippen LogP contribution in [0.5, 0.6) is 5.75 Å². The van der Waals surface area contributed by atoms with E-state index in [-0.39, 0.29) is 9.92 Å². The maximum atomic E-state index is 11.2.